The molecule has 0 aliphatic rings. The van der Waals surface area contributed by atoms with Crippen LogP contribution in [0.3, 0.4) is 0 Å². The predicted molar refractivity (Wildman–Crippen MR) is 120 cm³/mol. The fourth-order valence-corrected chi connectivity index (χ4v) is 2.41. The van der Waals surface area contributed by atoms with Gasteiger partial charge in [-0.25, -0.2) is 0 Å². The van der Waals surface area contributed by atoms with Crippen LogP contribution in [0.15, 0.2) is 41.7 Å². The van der Waals surface area contributed by atoms with Crippen LogP contribution in [0.5, 0.6) is 5.75 Å². The molecule has 0 saturated heterocycles. The maximum atomic E-state index is 5.72. The molecule has 0 aliphatic carbocycles. The lowest BCUT2D eigenvalue weighted by atomic mass is 10.3. The fraction of sp³-hybridized carbons (Fsp3) is 0.474. The molecule has 2 aromatic rings. The summed E-state index contributed by atoms with van der Waals surface area (Å²) < 4.78 is 12.7. The third-order valence-corrected chi connectivity index (χ3v) is 3.70. The van der Waals surface area contributed by atoms with Crippen LogP contribution >= 0.6 is 24.0 Å². The van der Waals surface area contributed by atoms with Crippen molar-refractivity contribution >= 4 is 35.6 Å². The van der Waals surface area contributed by atoms with Crippen LogP contribution < -0.4 is 15.4 Å². The maximum Gasteiger partial charge on any atom is 0.195 e. The van der Waals surface area contributed by atoms with Gasteiger partial charge in [0.25, 0.3) is 0 Å². The Labute approximate surface area is 178 Å². The molecule has 2 N–H and O–H groups in total. The maximum absolute atomic E-state index is 5.72. The van der Waals surface area contributed by atoms with Gasteiger partial charge in [0.05, 0.1) is 12.8 Å². The van der Waals surface area contributed by atoms with E-state index < -0.39 is 0 Å². The van der Waals surface area contributed by atoms with Crippen LogP contribution in [-0.2, 0) is 11.3 Å². The normalized spacial score (nSPS) is 11.0. The predicted octanol–water partition coefficient (Wildman–Crippen LogP) is 3.30. The van der Waals surface area contributed by atoms with E-state index in [1.54, 1.807) is 14.2 Å². The average molecular weight is 487 g/mol. The summed E-state index contributed by atoms with van der Waals surface area (Å²) in [6, 6.07) is 7.86. The number of hydrogen-bond acceptors (Lipinski definition) is 4. The van der Waals surface area contributed by atoms with Crippen LogP contribution in [0, 0.1) is 6.92 Å². The van der Waals surface area contributed by atoms with Crippen LogP contribution in [0.2, 0.25) is 0 Å². The van der Waals surface area contributed by atoms with E-state index in [9.17, 15) is 0 Å². The molecule has 0 fully saturated rings. The Kier molecular flexibility index (Phi) is 11.5. The molecule has 0 spiro atoms. The zero-order valence-electron chi connectivity index (χ0n) is 16.3. The number of nitrogens with zero attached hydrogens (tertiary/aromatic N) is 3. The van der Waals surface area contributed by atoms with E-state index in [-0.39, 0.29) is 24.0 Å². The molecule has 1 heterocycles. The highest BCUT2D eigenvalue weighted by atomic mass is 127. The van der Waals surface area contributed by atoms with Crippen LogP contribution in [0.25, 0.3) is 0 Å². The molecular formula is C19H30IN5O2. The number of nitrogens with one attached hydrogen (secondary N) is 2. The molecule has 2 rings (SSSR count). The van der Waals surface area contributed by atoms with Gasteiger partial charge in [0, 0.05) is 58.2 Å². The van der Waals surface area contributed by atoms with E-state index in [1.807, 2.05) is 48.3 Å². The minimum atomic E-state index is 0. The first kappa shape index (κ1) is 23.2. The molecule has 0 aliphatic heterocycles. The second-order valence-corrected chi connectivity index (χ2v) is 5.98. The second kappa shape index (κ2) is 13.4. The first-order valence-corrected chi connectivity index (χ1v) is 8.90. The molecule has 150 valence electrons. The number of benzene rings is 1. The second-order valence-electron chi connectivity index (χ2n) is 5.98. The van der Waals surface area contributed by atoms with Crippen molar-refractivity contribution in [3.05, 3.63) is 42.2 Å². The van der Waals surface area contributed by atoms with E-state index in [0.29, 0.717) is 13.2 Å². The number of rotatable bonds is 10. The van der Waals surface area contributed by atoms with Crippen molar-refractivity contribution in [2.24, 2.45) is 4.99 Å². The molecule has 1 aromatic heterocycles. The zero-order chi connectivity index (χ0) is 18.6. The molecular weight excluding hydrogens is 457 g/mol. The van der Waals surface area contributed by atoms with Gasteiger partial charge in [-0.1, -0.05) is 6.07 Å². The lowest BCUT2D eigenvalue weighted by molar-refractivity contribution is 0.172. The lowest BCUT2D eigenvalue weighted by Gasteiger charge is -2.13. The third-order valence-electron chi connectivity index (χ3n) is 3.70. The summed E-state index contributed by atoms with van der Waals surface area (Å²) in [5.74, 6) is 1.56. The number of hydrogen-bond donors (Lipinski definition) is 2. The van der Waals surface area contributed by atoms with E-state index in [4.69, 9.17) is 9.47 Å². The highest BCUT2D eigenvalue weighted by molar-refractivity contribution is 14.0. The quantitative estimate of drug-likeness (QED) is 0.233. The van der Waals surface area contributed by atoms with Gasteiger partial charge in [0.1, 0.15) is 5.75 Å². The van der Waals surface area contributed by atoms with Crippen molar-refractivity contribution in [2.45, 2.75) is 26.3 Å². The highest BCUT2D eigenvalue weighted by Crippen LogP contribution is 2.17. The SMILES string of the molecule is CN=C(NCCCn1cc(C)cn1)Nc1cccc(OCCCOC)c1.I. The Balaban J connectivity index is 0.00000364. The monoisotopic (exact) mass is 487 g/mol. The van der Waals surface area contributed by atoms with Gasteiger partial charge in [-0.3, -0.25) is 9.67 Å². The number of methoxy groups -OCH3 is 1. The van der Waals surface area contributed by atoms with Crippen LogP contribution in [-0.4, -0.2) is 49.7 Å². The Morgan fingerprint density at radius 3 is 2.81 bits per heavy atom. The Morgan fingerprint density at radius 2 is 2.11 bits per heavy atom. The molecule has 0 bridgehead atoms. The fourth-order valence-electron chi connectivity index (χ4n) is 2.41. The van der Waals surface area contributed by atoms with Crippen LogP contribution in [0.1, 0.15) is 18.4 Å². The number of guanidine groups is 1. The Hall–Kier alpha value is -1.81. The molecule has 8 heteroatoms. The number of halogens is 1. The average Bonchev–Trinajstić information content (AvgIpc) is 3.07. The molecule has 0 unspecified atom stereocenters. The number of aromatic nitrogens is 2. The molecule has 0 saturated carbocycles. The van der Waals surface area contributed by atoms with Crippen molar-refractivity contribution in [1.82, 2.24) is 15.1 Å². The molecule has 1 aromatic carbocycles. The van der Waals surface area contributed by atoms with Gasteiger partial charge in [-0.15, -0.1) is 24.0 Å². The minimum absolute atomic E-state index is 0. The van der Waals surface area contributed by atoms with Crippen molar-refractivity contribution in [2.75, 3.05) is 39.2 Å². The molecule has 0 amide bonds. The summed E-state index contributed by atoms with van der Waals surface area (Å²) in [4.78, 5) is 4.26. The van der Waals surface area contributed by atoms with E-state index >= 15 is 0 Å². The Bertz CT molecular complexity index is 690. The number of ether oxygens (including phenoxy) is 2. The summed E-state index contributed by atoms with van der Waals surface area (Å²) in [5, 5.41) is 10.9. The van der Waals surface area contributed by atoms with Crippen molar-refractivity contribution < 1.29 is 9.47 Å². The standard InChI is InChI=1S/C19H29N5O2.HI/c1-16-14-22-24(15-16)10-5-9-21-19(20-2)23-17-7-4-8-18(13-17)26-12-6-11-25-3;/h4,7-8,13-15H,5-6,9-12H2,1-3H3,(H2,20,21,23);1H. The minimum Gasteiger partial charge on any atom is -0.493 e. The third kappa shape index (κ3) is 9.09. The molecule has 0 atom stereocenters. The van der Waals surface area contributed by atoms with Crippen LogP contribution in [0.4, 0.5) is 5.69 Å². The largest absolute Gasteiger partial charge is 0.493 e. The highest BCUT2D eigenvalue weighted by Gasteiger charge is 2.02. The van der Waals surface area contributed by atoms with E-state index in [1.165, 1.54) is 5.56 Å². The van der Waals surface area contributed by atoms with Gasteiger partial charge in [0.2, 0.25) is 0 Å². The van der Waals surface area contributed by atoms with E-state index in [2.05, 4.69) is 20.7 Å². The lowest BCUT2D eigenvalue weighted by Crippen LogP contribution is -2.31. The summed E-state index contributed by atoms with van der Waals surface area (Å²) >= 11 is 0. The smallest absolute Gasteiger partial charge is 0.195 e. The van der Waals surface area contributed by atoms with Gasteiger partial charge < -0.3 is 20.1 Å². The number of anilines is 1. The molecule has 7 nitrogen and oxygen atoms in total. The number of aryl methyl sites for hydroxylation is 2. The van der Waals surface area contributed by atoms with Crippen molar-refractivity contribution in [1.29, 1.82) is 0 Å². The van der Waals surface area contributed by atoms with Gasteiger partial charge in [-0.05, 0) is 31.0 Å². The summed E-state index contributed by atoms with van der Waals surface area (Å²) in [7, 11) is 3.45. The first-order valence-electron chi connectivity index (χ1n) is 8.90. The number of aliphatic imine (C=N–C) groups is 1. The topological polar surface area (TPSA) is 72.7 Å². The van der Waals surface area contributed by atoms with E-state index in [0.717, 1.165) is 43.3 Å². The first-order chi connectivity index (χ1) is 12.7. The van der Waals surface area contributed by atoms with Crippen molar-refractivity contribution in [3.63, 3.8) is 0 Å². The van der Waals surface area contributed by atoms with Gasteiger partial charge >= 0.3 is 0 Å². The van der Waals surface area contributed by atoms with Crippen molar-refractivity contribution in [3.8, 4) is 5.75 Å². The van der Waals surface area contributed by atoms with Gasteiger partial charge in [0.15, 0.2) is 5.96 Å². The summed E-state index contributed by atoms with van der Waals surface area (Å²) in [5.41, 5.74) is 2.12. The zero-order valence-corrected chi connectivity index (χ0v) is 18.6. The molecule has 0 radical (unpaired) electrons. The molecule has 27 heavy (non-hydrogen) atoms. The van der Waals surface area contributed by atoms with Gasteiger partial charge in [-0.2, -0.15) is 5.10 Å². The summed E-state index contributed by atoms with van der Waals surface area (Å²) in [6.07, 6.45) is 5.75. The summed E-state index contributed by atoms with van der Waals surface area (Å²) in [6.45, 7) is 5.07. The Morgan fingerprint density at radius 1 is 1.26 bits per heavy atom.